The van der Waals surface area contributed by atoms with E-state index in [-0.39, 0.29) is 0 Å². The first kappa shape index (κ1) is 15.3. The number of aromatic nitrogens is 1. The molecule has 1 aromatic rings. The van der Waals surface area contributed by atoms with E-state index in [1.807, 2.05) is 11.3 Å². The Balaban J connectivity index is 1.59. The van der Waals surface area contributed by atoms with Crippen LogP contribution in [0.2, 0.25) is 0 Å². The monoisotopic (exact) mass is 309 g/mol. The molecule has 0 bridgehead atoms. The van der Waals surface area contributed by atoms with Gasteiger partial charge in [0.2, 0.25) is 0 Å². The van der Waals surface area contributed by atoms with Gasteiger partial charge in [0.15, 0.2) is 5.13 Å². The van der Waals surface area contributed by atoms with Gasteiger partial charge in [0.25, 0.3) is 0 Å². The molecule has 2 fully saturated rings. The number of fused-ring (bicyclic) bond motifs is 1. The molecule has 0 aromatic carbocycles. The maximum absolute atomic E-state index is 5.05. The first-order chi connectivity index (χ1) is 10.4. The van der Waals surface area contributed by atoms with Crippen molar-refractivity contribution in [1.82, 2.24) is 10.3 Å². The summed E-state index contributed by atoms with van der Waals surface area (Å²) in [6, 6.07) is 0.757. The lowest BCUT2D eigenvalue weighted by Crippen LogP contribution is -2.46. The molecule has 2 atom stereocenters. The van der Waals surface area contributed by atoms with Gasteiger partial charge >= 0.3 is 0 Å². The third kappa shape index (κ3) is 3.76. The van der Waals surface area contributed by atoms with E-state index in [1.165, 1.54) is 55.9 Å². The molecule has 1 N–H and O–H groups in total. The molecule has 1 saturated carbocycles. The lowest BCUT2D eigenvalue weighted by Gasteiger charge is -2.44. The normalized spacial score (nSPS) is 25.9. The molecule has 3 rings (SSSR count). The van der Waals surface area contributed by atoms with Crippen molar-refractivity contribution in [2.75, 3.05) is 31.7 Å². The van der Waals surface area contributed by atoms with Crippen molar-refractivity contribution in [3.05, 3.63) is 11.1 Å². The summed E-state index contributed by atoms with van der Waals surface area (Å²) in [5, 5.41) is 6.83. The highest BCUT2D eigenvalue weighted by Gasteiger charge is 2.34. The number of anilines is 1. The van der Waals surface area contributed by atoms with Crippen LogP contribution in [-0.2, 0) is 11.3 Å². The average Bonchev–Trinajstić information content (AvgIpc) is 3.00. The molecule has 0 unspecified atom stereocenters. The maximum Gasteiger partial charge on any atom is 0.185 e. The molecule has 0 radical (unpaired) electrons. The molecule has 118 valence electrons. The fourth-order valence-electron chi connectivity index (χ4n) is 3.76. The Morgan fingerprint density at radius 3 is 3.10 bits per heavy atom. The van der Waals surface area contributed by atoms with Crippen LogP contribution in [0.4, 0.5) is 5.13 Å². The minimum atomic E-state index is 0.757. The number of ether oxygens (including phenoxy) is 1. The van der Waals surface area contributed by atoms with Crippen LogP contribution < -0.4 is 10.2 Å². The Morgan fingerprint density at radius 2 is 2.19 bits per heavy atom. The van der Waals surface area contributed by atoms with Crippen LogP contribution in [0.15, 0.2) is 5.38 Å². The van der Waals surface area contributed by atoms with E-state index in [0.717, 1.165) is 31.7 Å². The summed E-state index contributed by atoms with van der Waals surface area (Å²) < 4.78 is 5.05. The lowest BCUT2D eigenvalue weighted by molar-refractivity contribution is 0.199. The van der Waals surface area contributed by atoms with Gasteiger partial charge in [-0.3, -0.25) is 0 Å². The third-order valence-electron chi connectivity index (χ3n) is 4.82. The van der Waals surface area contributed by atoms with E-state index in [4.69, 9.17) is 9.72 Å². The molecule has 21 heavy (non-hydrogen) atoms. The number of hydrogen-bond donors (Lipinski definition) is 1. The molecule has 1 aliphatic carbocycles. The summed E-state index contributed by atoms with van der Waals surface area (Å²) in [5.41, 5.74) is 1.17. The minimum Gasteiger partial charge on any atom is -0.383 e. The van der Waals surface area contributed by atoms with Crippen molar-refractivity contribution >= 4 is 16.5 Å². The van der Waals surface area contributed by atoms with Crippen molar-refractivity contribution < 1.29 is 4.74 Å². The molecule has 5 heteroatoms. The van der Waals surface area contributed by atoms with E-state index in [0.29, 0.717) is 0 Å². The highest BCUT2D eigenvalue weighted by Crippen LogP contribution is 2.38. The summed E-state index contributed by atoms with van der Waals surface area (Å²) in [5.74, 6) is 0.916. The Labute approximate surface area is 131 Å². The Kier molecular flexibility index (Phi) is 5.49. The van der Waals surface area contributed by atoms with E-state index in [1.54, 1.807) is 7.11 Å². The minimum absolute atomic E-state index is 0.757. The van der Waals surface area contributed by atoms with Crippen molar-refractivity contribution in [2.45, 2.75) is 51.1 Å². The molecular weight excluding hydrogens is 282 g/mol. The summed E-state index contributed by atoms with van der Waals surface area (Å²) >= 11 is 1.82. The quantitative estimate of drug-likeness (QED) is 0.820. The Bertz CT molecular complexity index is 435. The summed E-state index contributed by atoms with van der Waals surface area (Å²) in [4.78, 5) is 7.47. The van der Waals surface area contributed by atoms with Crippen LogP contribution >= 0.6 is 11.3 Å². The second kappa shape index (κ2) is 7.56. The third-order valence-corrected chi connectivity index (χ3v) is 5.74. The topological polar surface area (TPSA) is 37.4 Å². The Hall–Kier alpha value is -0.650. The zero-order valence-electron chi connectivity index (χ0n) is 13.0. The second-order valence-corrected chi connectivity index (χ2v) is 7.08. The summed E-state index contributed by atoms with van der Waals surface area (Å²) in [6.07, 6.45) is 8.39. The SMILES string of the molecule is COCCNCc1csc(N2CCC[C@H]3CCCC[C@H]32)n1. The van der Waals surface area contributed by atoms with Crippen molar-refractivity contribution in [1.29, 1.82) is 0 Å². The van der Waals surface area contributed by atoms with E-state index in [9.17, 15) is 0 Å². The number of piperidine rings is 1. The van der Waals surface area contributed by atoms with Crippen molar-refractivity contribution in [3.63, 3.8) is 0 Å². The van der Waals surface area contributed by atoms with Gasteiger partial charge < -0.3 is 15.0 Å². The molecular formula is C16H27N3OS. The summed E-state index contributed by atoms with van der Waals surface area (Å²) in [7, 11) is 1.74. The smallest absolute Gasteiger partial charge is 0.185 e. The predicted octanol–water partition coefficient (Wildman–Crippen LogP) is 3.04. The molecule has 1 aliphatic heterocycles. The molecule has 1 aromatic heterocycles. The number of nitrogens with zero attached hydrogens (tertiary/aromatic N) is 2. The lowest BCUT2D eigenvalue weighted by atomic mass is 9.78. The number of thiazole rings is 1. The molecule has 0 spiro atoms. The zero-order chi connectivity index (χ0) is 14.5. The number of rotatable bonds is 6. The molecule has 2 aliphatic rings. The van der Waals surface area contributed by atoms with Gasteiger partial charge in [0.05, 0.1) is 12.3 Å². The van der Waals surface area contributed by atoms with E-state index in [2.05, 4.69) is 15.6 Å². The highest BCUT2D eigenvalue weighted by atomic mass is 32.1. The first-order valence-corrected chi connectivity index (χ1v) is 9.17. The van der Waals surface area contributed by atoms with Crippen LogP contribution in [-0.4, -0.2) is 37.8 Å². The van der Waals surface area contributed by atoms with Crippen LogP contribution in [0.5, 0.6) is 0 Å². The maximum atomic E-state index is 5.05. The van der Waals surface area contributed by atoms with Gasteiger partial charge in [0.1, 0.15) is 0 Å². The number of nitrogens with one attached hydrogen (secondary N) is 1. The van der Waals surface area contributed by atoms with Gasteiger partial charge in [-0.05, 0) is 31.6 Å². The highest BCUT2D eigenvalue weighted by molar-refractivity contribution is 7.13. The van der Waals surface area contributed by atoms with Gasteiger partial charge in [-0.1, -0.05) is 12.8 Å². The van der Waals surface area contributed by atoms with Crippen LogP contribution in [0.3, 0.4) is 0 Å². The zero-order valence-corrected chi connectivity index (χ0v) is 13.8. The van der Waals surface area contributed by atoms with Crippen LogP contribution in [0, 0.1) is 5.92 Å². The second-order valence-electron chi connectivity index (χ2n) is 6.24. The van der Waals surface area contributed by atoms with E-state index >= 15 is 0 Å². The largest absolute Gasteiger partial charge is 0.383 e. The molecule has 4 nitrogen and oxygen atoms in total. The van der Waals surface area contributed by atoms with Crippen LogP contribution in [0.25, 0.3) is 0 Å². The number of hydrogen-bond acceptors (Lipinski definition) is 5. The fraction of sp³-hybridized carbons (Fsp3) is 0.812. The first-order valence-electron chi connectivity index (χ1n) is 8.29. The molecule has 2 heterocycles. The molecule has 1 saturated heterocycles. The van der Waals surface area contributed by atoms with Crippen LogP contribution in [0.1, 0.15) is 44.2 Å². The van der Waals surface area contributed by atoms with Gasteiger partial charge in [-0.15, -0.1) is 11.3 Å². The van der Waals surface area contributed by atoms with Crippen molar-refractivity contribution in [3.8, 4) is 0 Å². The molecule has 0 amide bonds. The van der Waals surface area contributed by atoms with E-state index < -0.39 is 0 Å². The fourth-order valence-corrected chi connectivity index (χ4v) is 4.67. The van der Waals surface area contributed by atoms with Crippen molar-refractivity contribution in [2.24, 2.45) is 5.92 Å². The van der Waals surface area contributed by atoms with Gasteiger partial charge in [0, 0.05) is 38.2 Å². The van der Waals surface area contributed by atoms with Gasteiger partial charge in [-0.2, -0.15) is 0 Å². The van der Waals surface area contributed by atoms with Gasteiger partial charge in [-0.25, -0.2) is 4.98 Å². The number of methoxy groups -OCH3 is 1. The summed E-state index contributed by atoms with van der Waals surface area (Å²) in [6.45, 7) is 3.69. The predicted molar refractivity (Wildman–Crippen MR) is 88.0 cm³/mol. The average molecular weight is 309 g/mol. The Morgan fingerprint density at radius 1 is 1.33 bits per heavy atom. The standard InChI is InChI=1S/C16H27N3OS/c1-20-10-8-17-11-14-12-21-16(18-14)19-9-4-6-13-5-2-3-7-15(13)19/h12-13,15,17H,2-11H2,1H3/t13-,15-/m1/s1.